The monoisotopic (exact) mass is 698 g/mol. The second-order valence-electron chi connectivity index (χ2n) is 11.3. The molecule has 1 aromatic carbocycles. The fourth-order valence-electron chi connectivity index (χ4n) is 4.87. The molecule has 48 heavy (non-hydrogen) atoms. The number of rotatable bonds is 16. The number of aromatic nitrogens is 2. The molecule has 0 amide bonds. The van der Waals surface area contributed by atoms with Crippen LogP contribution in [0, 0.1) is 0 Å². The van der Waals surface area contributed by atoms with Crippen LogP contribution in [0.1, 0.15) is 70.7 Å². The third-order valence-corrected chi connectivity index (χ3v) is 7.37. The predicted octanol–water partition coefficient (Wildman–Crippen LogP) is 2.33. The van der Waals surface area contributed by atoms with Crippen molar-refractivity contribution in [1.29, 1.82) is 0 Å². The number of ether oxygens (including phenoxy) is 7. The van der Waals surface area contributed by atoms with Crippen LogP contribution in [-0.4, -0.2) is 99.3 Å². The van der Waals surface area contributed by atoms with Crippen molar-refractivity contribution in [2.24, 2.45) is 0 Å². The second-order valence-corrected chi connectivity index (χ2v) is 13.0. The lowest BCUT2D eigenvalue weighted by Crippen LogP contribution is -2.63. The van der Waals surface area contributed by atoms with E-state index >= 15 is 0 Å². The Balaban J connectivity index is 1.89. The van der Waals surface area contributed by atoms with Crippen molar-refractivity contribution < 1.29 is 64.9 Å². The zero-order valence-corrected chi connectivity index (χ0v) is 28.7. The number of H-pyrrole nitrogens is 1. The maximum absolute atomic E-state index is 12.2. The lowest BCUT2D eigenvalue weighted by molar-refractivity contribution is -0.289. The van der Waals surface area contributed by atoms with E-state index in [4.69, 9.17) is 37.3 Å². The first-order chi connectivity index (χ1) is 22.5. The third kappa shape index (κ3) is 11.8. The molecule has 0 saturated carbocycles. The number of hydrogen-bond donors (Lipinski definition) is 1. The quantitative estimate of drug-likeness (QED) is 0.116. The van der Waals surface area contributed by atoms with Crippen LogP contribution in [0.2, 0.25) is 0 Å². The van der Waals surface area contributed by atoms with Crippen molar-refractivity contribution in [3.8, 4) is 11.6 Å². The molecule has 1 aliphatic heterocycles. The summed E-state index contributed by atoms with van der Waals surface area (Å²) in [5.74, 6) is -2.25. The Hall–Kier alpha value is -4.22. The molecule has 1 aromatic heterocycles. The summed E-state index contributed by atoms with van der Waals surface area (Å²) in [5.41, 5.74) is 2.27. The summed E-state index contributed by atoms with van der Waals surface area (Å²) < 4.78 is 66.5. The Morgan fingerprint density at radius 2 is 1.48 bits per heavy atom. The van der Waals surface area contributed by atoms with Crippen LogP contribution in [0.4, 0.5) is 0 Å². The topological polar surface area (TPSA) is 205 Å². The third-order valence-electron chi connectivity index (χ3n) is 6.77. The van der Waals surface area contributed by atoms with Crippen LogP contribution in [-0.2, 0) is 63.6 Å². The van der Waals surface area contributed by atoms with Gasteiger partial charge in [0, 0.05) is 51.8 Å². The van der Waals surface area contributed by atoms with Gasteiger partial charge < -0.3 is 33.2 Å². The minimum Gasteiger partial charge on any atom is -0.494 e. The first-order valence-corrected chi connectivity index (χ1v) is 17.0. The van der Waals surface area contributed by atoms with Gasteiger partial charge in [0.15, 0.2) is 12.2 Å². The average Bonchev–Trinajstić information content (AvgIpc) is 3.36. The van der Waals surface area contributed by atoms with Gasteiger partial charge in [-0.25, -0.2) is 0 Å². The van der Waals surface area contributed by atoms with Crippen molar-refractivity contribution >= 4 is 34.0 Å². The highest BCUT2D eigenvalue weighted by Gasteiger charge is 2.53. The van der Waals surface area contributed by atoms with Crippen molar-refractivity contribution in [2.45, 2.75) is 91.0 Å². The normalized spacial score (nSPS) is 20.9. The highest BCUT2D eigenvalue weighted by atomic mass is 32.2. The lowest BCUT2D eigenvalue weighted by Gasteiger charge is -2.43. The van der Waals surface area contributed by atoms with Gasteiger partial charge in [-0.3, -0.25) is 28.5 Å². The molecule has 1 fully saturated rings. The molecule has 2 heterocycles. The lowest BCUT2D eigenvalue weighted by atomic mass is 9.97. The summed E-state index contributed by atoms with van der Waals surface area (Å²) in [7, 11) is -3.51. The van der Waals surface area contributed by atoms with Crippen LogP contribution in [0.3, 0.4) is 0 Å². The van der Waals surface area contributed by atoms with Gasteiger partial charge in [-0.1, -0.05) is 26.0 Å². The first kappa shape index (κ1) is 38.2. The zero-order valence-electron chi connectivity index (χ0n) is 27.9. The van der Waals surface area contributed by atoms with Gasteiger partial charge in [0.2, 0.25) is 18.3 Å². The van der Waals surface area contributed by atoms with E-state index in [0.717, 1.165) is 38.3 Å². The number of nitrogens with zero attached hydrogens (tertiary/aromatic N) is 1. The van der Waals surface area contributed by atoms with Crippen LogP contribution >= 0.6 is 0 Å². The van der Waals surface area contributed by atoms with Gasteiger partial charge in [-0.2, -0.15) is 8.42 Å². The van der Waals surface area contributed by atoms with Gasteiger partial charge in [0.1, 0.15) is 18.5 Å². The molecule has 0 aliphatic carbocycles. The number of nitrogens with one attached hydrogen (secondary N) is 1. The average molecular weight is 699 g/mol. The zero-order chi connectivity index (χ0) is 35.6. The van der Waals surface area contributed by atoms with Crippen molar-refractivity contribution in [3.05, 3.63) is 41.1 Å². The Labute approximate surface area is 278 Å². The number of aromatic amines is 1. The molecule has 1 N–H and O–H groups in total. The van der Waals surface area contributed by atoms with Gasteiger partial charge in [-0.15, -0.1) is 5.10 Å². The molecule has 0 radical (unpaired) electrons. The fourth-order valence-corrected chi connectivity index (χ4v) is 5.29. The van der Waals surface area contributed by atoms with Crippen molar-refractivity contribution in [2.75, 3.05) is 26.1 Å². The van der Waals surface area contributed by atoms with Crippen LogP contribution in [0.5, 0.6) is 11.6 Å². The van der Waals surface area contributed by atoms with E-state index in [-0.39, 0.29) is 25.0 Å². The van der Waals surface area contributed by atoms with Crippen LogP contribution in [0.15, 0.2) is 24.3 Å². The van der Waals surface area contributed by atoms with Crippen LogP contribution in [0.25, 0.3) is 0 Å². The van der Waals surface area contributed by atoms with E-state index in [1.807, 2.05) is 26.0 Å². The van der Waals surface area contributed by atoms with Gasteiger partial charge in [0.05, 0.1) is 19.5 Å². The predicted molar refractivity (Wildman–Crippen MR) is 165 cm³/mol. The molecule has 3 rings (SSSR count). The standard InChI is InChI=1S/C31H42N2O14S/c1-17(2)26-24(15-22-9-11-23(12-10-22)40-13-8-14-42-48(7,38)39)30(33-32-26)47-31-29(45-21(6)37)28(44-20(5)36)27(43-19(4)35)25(46-31)16-41-18(3)34/h9-12,17,25,27-29,31H,8,13-16H2,1-7H3,(H,32,33)/t25-,27-,28+,29-,31?/m1/s1. The number of benzene rings is 1. The molecule has 1 aliphatic rings. The summed E-state index contributed by atoms with van der Waals surface area (Å²) in [6, 6.07) is 7.22. The molecule has 1 saturated heterocycles. The Morgan fingerprint density at radius 3 is 2.04 bits per heavy atom. The highest BCUT2D eigenvalue weighted by molar-refractivity contribution is 7.85. The minimum absolute atomic E-state index is 0.0116. The molecule has 266 valence electrons. The molecular formula is C31H42N2O14S. The smallest absolute Gasteiger partial charge is 0.303 e. The summed E-state index contributed by atoms with van der Waals surface area (Å²) in [4.78, 5) is 48.1. The van der Waals surface area contributed by atoms with Crippen LogP contribution < -0.4 is 9.47 Å². The Morgan fingerprint density at radius 1 is 0.875 bits per heavy atom. The number of carbonyl (C=O) groups is 4. The number of carbonyl (C=O) groups excluding carboxylic acids is 4. The van der Waals surface area contributed by atoms with E-state index in [2.05, 4.69) is 10.2 Å². The van der Waals surface area contributed by atoms with E-state index < -0.39 is 71.3 Å². The SMILES string of the molecule is CC(=O)OC[C@H]1OC(Oc2n[nH]c(C(C)C)c2Cc2ccc(OCCCOS(C)(=O)=O)cc2)[C@H](OC(C)=O)[C@@H](OC(C)=O)[C@@H]1OC(C)=O. The van der Waals surface area contributed by atoms with Crippen molar-refractivity contribution in [1.82, 2.24) is 10.2 Å². The largest absolute Gasteiger partial charge is 0.494 e. The molecule has 5 atom stereocenters. The maximum atomic E-state index is 12.2. The molecule has 2 aromatic rings. The number of esters is 4. The first-order valence-electron chi connectivity index (χ1n) is 15.1. The highest BCUT2D eigenvalue weighted by Crippen LogP contribution is 2.34. The van der Waals surface area contributed by atoms with E-state index in [1.54, 1.807) is 12.1 Å². The molecule has 17 heteroatoms. The maximum Gasteiger partial charge on any atom is 0.303 e. The van der Waals surface area contributed by atoms with E-state index in [1.165, 1.54) is 6.92 Å². The second kappa shape index (κ2) is 17.3. The molecular weight excluding hydrogens is 656 g/mol. The molecule has 1 unspecified atom stereocenters. The van der Waals surface area contributed by atoms with Gasteiger partial charge in [-0.05, 0) is 23.6 Å². The fraction of sp³-hybridized carbons (Fsp3) is 0.581. The van der Waals surface area contributed by atoms with E-state index in [9.17, 15) is 27.6 Å². The van der Waals surface area contributed by atoms with E-state index in [0.29, 0.717) is 24.2 Å². The van der Waals surface area contributed by atoms with Crippen molar-refractivity contribution in [3.63, 3.8) is 0 Å². The summed E-state index contributed by atoms with van der Waals surface area (Å²) in [5, 5.41) is 7.35. The number of hydrogen-bond acceptors (Lipinski definition) is 15. The molecule has 0 spiro atoms. The van der Waals surface area contributed by atoms with Gasteiger partial charge >= 0.3 is 23.9 Å². The van der Waals surface area contributed by atoms with Gasteiger partial charge in [0.25, 0.3) is 10.1 Å². The summed E-state index contributed by atoms with van der Waals surface area (Å²) in [6.07, 6.45) is -5.08. The molecule has 16 nitrogen and oxygen atoms in total. The molecule has 0 bridgehead atoms. The Bertz CT molecular complexity index is 1520. The summed E-state index contributed by atoms with van der Waals surface area (Å²) >= 11 is 0. The minimum atomic E-state index is -3.51. The Kier molecular flexibility index (Phi) is 13.7. The summed E-state index contributed by atoms with van der Waals surface area (Å²) in [6.45, 7) is 8.37.